The van der Waals surface area contributed by atoms with E-state index in [1.165, 1.54) is 18.2 Å². The maximum Gasteiger partial charge on any atom is 0.341 e. The highest BCUT2D eigenvalue weighted by Gasteiger charge is 2.38. The summed E-state index contributed by atoms with van der Waals surface area (Å²) in [5.74, 6) is -1.49. The molecule has 1 aliphatic heterocycles. The minimum Gasteiger partial charge on any atom is -0.460 e. The van der Waals surface area contributed by atoms with Crippen molar-refractivity contribution in [1.82, 2.24) is 0 Å². The number of hydrogen-bond donors (Lipinski definition) is 1. The standard InChI is InChI=1S/C19H19FN2O3/c1-19(2)18(24)22(16-10-6-5-9-15(16)21-19)11-12-25-17(23)13-7-3-4-8-14(13)20/h3-10,21H,11-12H2,1-2H3. The zero-order valence-corrected chi connectivity index (χ0v) is 14.1. The lowest BCUT2D eigenvalue weighted by Gasteiger charge is -2.39. The summed E-state index contributed by atoms with van der Waals surface area (Å²) in [6, 6.07) is 13.1. The average Bonchev–Trinajstić information content (AvgIpc) is 2.58. The molecule has 130 valence electrons. The summed E-state index contributed by atoms with van der Waals surface area (Å²) < 4.78 is 18.8. The van der Waals surface area contributed by atoms with Crippen LogP contribution in [0.3, 0.4) is 0 Å². The molecule has 5 nitrogen and oxygen atoms in total. The quantitative estimate of drug-likeness (QED) is 0.867. The van der Waals surface area contributed by atoms with Gasteiger partial charge in [-0.2, -0.15) is 0 Å². The van der Waals surface area contributed by atoms with Gasteiger partial charge in [-0.25, -0.2) is 9.18 Å². The van der Waals surface area contributed by atoms with E-state index in [1.807, 2.05) is 24.3 Å². The van der Waals surface area contributed by atoms with Gasteiger partial charge in [0.05, 0.1) is 23.5 Å². The molecule has 0 atom stereocenters. The fourth-order valence-electron chi connectivity index (χ4n) is 2.81. The molecular weight excluding hydrogens is 323 g/mol. The Morgan fingerprint density at radius 1 is 1.16 bits per heavy atom. The molecule has 3 rings (SSSR count). The summed E-state index contributed by atoms with van der Waals surface area (Å²) in [6.45, 7) is 3.76. The van der Waals surface area contributed by atoms with Crippen molar-refractivity contribution in [2.24, 2.45) is 0 Å². The number of anilines is 2. The molecule has 2 aromatic carbocycles. The van der Waals surface area contributed by atoms with Crippen molar-refractivity contribution in [3.63, 3.8) is 0 Å². The fraction of sp³-hybridized carbons (Fsp3) is 0.263. The highest BCUT2D eigenvalue weighted by Crippen LogP contribution is 2.34. The molecule has 0 radical (unpaired) electrons. The zero-order valence-electron chi connectivity index (χ0n) is 14.1. The molecule has 6 heteroatoms. The normalized spacial score (nSPS) is 15.3. The third-order valence-corrected chi connectivity index (χ3v) is 4.06. The minimum atomic E-state index is -0.760. The summed E-state index contributed by atoms with van der Waals surface area (Å²) in [6.07, 6.45) is 0. The first-order valence-electron chi connectivity index (χ1n) is 8.01. The number of hydrogen-bond acceptors (Lipinski definition) is 4. The number of para-hydroxylation sites is 2. The number of nitrogens with one attached hydrogen (secondary N) is 1. The highest BCUT2D eigenvalue weighted by atomic mass is 19.1. The van der Waals surface area contributed by atoms with Crippen LogP contribution in [-0.2, 0) is 9.53 Å². The van der Waals surface area contributed by atoms with Gasteiger partial charge >= 0.3 is 5.97 Å². The van der Waals surface area contributed by atoms with Crippen LogP contribution in [-0.4, -0.2) is 30.6 Å². The van der Waals surface area contributed by atoms with Crippen LogP contribution in [0.25, 0.3) is 0 Å². The van der Waals surface area contributed by atoms with Gasteiger partial charge in [0.25, 0.3) is 5.91 Å². The van der Waals surface area contributed by atoms with Crippen LogP contribution in [0.1, 0.15) is 24.2 Å². The van der Waals surface area contributed by atoms with E-state index in [4.69, 9.17) is 4.74 Å². The van der Waals surface area contributed by atoms with Crippen molar-refractivity contribution < 1.29 is 18.7 Å². The van der Waals surface area contributed by atoms with Gasteiger partial charge in [-0.1, -0.05) is 24.3 Å². The number of amides is 1. The van der Waals surface area contributed by atoms with Crippen LogP contribution in [0.15, 0.2) is 48.5 Å². The smallest absolute Gasteiger partial charge is 0.341 e. The van der Waals surface area contributed by atoms with Gasteiger partial charge < -0.3 is 15.0 Å². The Morgan fingerprint density at radius 2 is 1.84 bits per heavy atom. The molecule has 1 aliphatic rings. The van der Waals surface area contributed by atoms with Crippen LogP contribution in [0.5, 0.6) is 0 Å². The second-order valence-electron chi connectivity index (χ2n) is 6.34. The van der Waals surface area contributed by atoms with E-state index in [-0.39, 0.29) is 24.6 Å². The Labute approximate surface area is 145 Å². The topological polar surface area (TPSA) is 58.6 Å². The summed E-state index contributed by atoms with van der Waals surface area (Å²) in [7, 11) is 0. The number of carbonyl (C=O) groups excluding carboxylic acids is 2. The lowest BCUT2D eigenvalue weighted by molar-refractivity contribution is -0.122. The molecule has 0 bridgehead atoms. The molecule has 1 heterocycles. The molecule has 0 fully saturated rings. The van der Waals surface area contributed by atoms with Crippen LogP contribution in [0, 0.1) is 5.82 Å². The number of halogens is 1. The minimum absolute atomic E-state index is 0.0245. The zero-order chi connectivity index (χ0) is 18.0. The van der Waals surface area contributed by atoms with Gasteiger partial charge in [-0.15, -0.1) is 0 Å². The third-order valence-electron chi connectivity index (χ3n) is 4.06. The Morgan fingerprint density at radius 3 is 2.60 bits per heavy atom. The predicted molar refractivity (Wildman–Crippen MR) is 93.2 cm³/mol. The van der Waals surface area contributed by atoms with Crippen LogP contribution in [0.2, 0.25) is 0 Å². The van der Waals surface area contributed by atoms with Gasteiger partial charge in [0.2, 0.25) is 0 Å². The van der Waals surface area contributed by atoms with Gasteiger partial charge in [0, 0.05) is 0 Å². The molecule has 0 saturated heterocycles. The monoisotopic (exact) mass is 342 g/mol. The molecule has 0 saturated carbocycles. The third kappa shape index (κ3) is 3.33. The van der Waals surface area contributed by atoms with Gasteiger partial charge in [0.15, 0.2) is 0 Å². The van der Waals surface area contributed by atoms with E-state index >= 15 is 0 Å². The van der Waals surface area contributed by atoms with Crippen LogP contribution < -0.4 is 10.2 Å². The van der Waals surface area contributed by atoms with E-state index < -0.39 is 17.3 Å². The van der Waals surface area contributed by atoms with Gasteiger partial charge in [-0.3, -0.25) is 4.79 Å². The molecule has 0 aromatic heterocycles. The maximum absolute atomic E-state index is 13.6. The van der Waals surface area contributed by atoms with E-state index in [2.05, 4.69) is 5.32 Å². The number of rotatable bonds is 4. The Bertz CT molecular complexity index is 820. The van der Waals surface area contributed by atoms with E-state index in [1.54, 1.807) is 24.8 Å². The van der Waals surface area contributed by atoms with Gasteiger partial charge in [0.1, 0.15) is 18.0 Å². The number of benzene rings is 2. The van der Waals surface area contributed by atoms with Crippen molar-refractivity contribution in [1.29, 1.82) is 0 Å². The summed E-state index contributed by atoms with van der Waals surface area (Å²) in [5.41, 5.74) is 0.695. The highest BCUT2D eigenvalue weighted by molar-refractivity contribution is 6.07. The summed E-state index contributed by atoms with van der Waals surface area (Å²) >= 11 is 0. The largest absolute Gasteiger partial charge is 0.460 e. The summed E-state index contributed by atoms with van der Waals surface area (Å²) in [5, 5.41) is 3.20. The van der Waals surface area contributed by atoms with Gasteiger partial charge in [-0.05, 0) is 38.1 Å². The Balaban J connectivity index is 1.71. The molecule has 0 spiro atoms. The molecule has 1 N–H and O–H groups in total. The van der Waals surface area contributed by atoms with Crippen molar-refractivity contribution >= 4 is 23.3 Å². The lowest BCUT2D eigenvalue weighted by atomic mass is 9.98. The van der Waals surface area contributed by atoms with Crippen LogP contribution in [0.4, 0.5) is 15.8 Å². The van der Waals surface area contributed by atoms with E-state index in [0.29, 0.717) is 0 Å². The Kier molecular flexibility index (Phi) is 4.44. The van der Waals surface area contributed by atoms with E-state index in [0.717, 1.165) is 11.4 Å². The van der Waals surface area contributed by atoms with Crippen molar-refractivity contribution in [3.8, 4) is 0 Å². The molecule has 0 unspecified atom stereocenters. The predicted octanol–water partition coefficient (Wildman–Crippen LogP) is 3.22. The maximum atomic E-state index is 13.6. The number of nitrogens with zero attached hydrogens (tertiary/aromatic N) is 1. The van der Waals surface area contributed by atoms with Crippen molar-refractivity contribution in [3.05, 3.63) is 59.9 Å². The summed E-state index contributed by atoms with van der Waals surface area (Å²) in [4.78, 5) is 26.2. The number of esters is 1. The molecule has 0 aliphatic carbocycles. The molecule has 1 amide bonds. The lowest BCUT2D eigenvalue weighted by Crippen LogP contribution is -2.54. The molecular formula is C19H19FN2O3. The van der Waals surface area contributed by atoms with E-state index in [9.17, 15) is 14.0 Å². The first-order valence-corrected chi connectivity index (χ1v) is 8.01. The fourth-order valence-corrected chi connectivity index (χ4v) is 2.81. The van der Waals surface area contributed by atoms with Crippen molar-refractivity contribution in [2.45, 2.75) is 19.4 Å². The second-order valence-corrected chi connectivity index (χ2v) is 6.34. The first kappa shape index (κ1) is 17.0. The number of carbonyl (C=O) groups is 2. The average molecular weight is 342 g/mol. The second kappa shape index (κ2) is 6.55. The molecule has 2 aromatic rings. The number of fused-ring (bicyclic) bond motifs is 1. The Hall–Kier alpha value is -2.89. The van der Waals surface area contributed by atoms with Crippen LogP contribution >= 0.6 is 0 Å². The first-order chi connectivity index (χ1) is 11.9. The number of ether oxygens (including phenoxy) is 1. The molecule has 25 heavy (non-hydrogen) atoms. The van der Waals surface area contributed by atoms with Crippen molar-refractivity contribution in [2.75, 3.05) is 23.4 Å². The SMILES string of the molecule is CC1(C)Nc2ccccc2N(CCOC(=O)c2ccccc2F)C1=O.